The Morgan fingerprint density at radius 3 is 1.74 bits per heavy atom. The van der Waals surface area contributed by atoms with E-state index < -0.39 is 40.7 Å². The molecule has 0 fully saturated rings. The number of aromatic nitrogens is 2. The molecular weight excluding hydrogens is 589 g/mol. The van der Waals surface area contributed by atoms with Gasteiger partial charge in [0.05, 0.1) is 0 Å². The van der Waals surface area contributed by atoms with Crippen molar-refractivity contribution in [3.63, 3.8) is 0 Å². The highest BCUT2D eigenvalue weighted by Crippen LogP contribution is 2.42. The molecule has 0 unspecified atom stereocenters. The molecule has 8 rings (SSSR count). The molecule has 2 aromatic heterocycles. The van der Waals surface area contributed by atoms with Gasteiger partial charge in [-0.25, -0.2) is 41.3 Å². The highest BCUT2D eigenvalue weighted by atomic mass is 79.9. The monoisotopic (exact) mass is 594 g/mol. The van der Waals surface area contributed by atoms with E-state index in [-0.39, 0.29) is 66.8 Å². The third-order valence-electron chi connectivity index (χ3n) is 6.90. The van der Waals surface area contributed by atoms with Gasteiger partial charge in [0.25, 0.3) is 0 Å². The van der Waals surface area contributed by atoms with Gasteiger partial charge < -0.3 is 8.96 Å². The molecule has 0 saturated heterocycles. The van der Waals surface area contributed by atoms with Crippen LogP contribution in [0.2, 0.25) is 0 Å². The fraction of sp³-hybridized carbons (Fsp3) is 0. The number of hydrogen-bond donors (Lipinski definition) is 0. The Kier molecular flexibility index (Phi) is 4.26. The lowest BCUT2D eigenvalue weighted by atomic mass is 10.1. The first kappa shape index (κ1) is 22.6. The zero-order chi connectivity index (χ0) is 26.9. The predicted octanol–water partition coefficient (Wildman–Crippen LogP) is 4.66. The Bertz CT molecular complexity index is 2260. The number of rotatable bonds is 0. The zero-order valence-electron chi connectivity index (χ0n) is 18.9. The standard InChI is InChI=1S/C25H6BBrF6N6/c27-26-38-20-7-34-21-9-2-15(29)16(30)3-10(9)22(35-21)36-23-12-5-18(32)19(33)6-13(12)25(39(23)26)37-24(38)11-4-17(31)14(28)1-8(11)20/h1-6H. The first-order chi connectivity index (χ1) is 18.7. The van der Waals surface area contributed by atoms with E-state index in [1.165, 1.54) is 8.96 Å². The van der Waals surface area contributed by atoms with Crippen LogP contribution in [0.1, 0.15) is 11.1 Å². The van der Waals surface area contributed by atoms with Crippen LogP contribution in [0.25, 0.3) is 21.5 Å². The van der Waals surface area contributed by atoms with Gasteiger partial charge in [-0.1, -0.05) is 15.8 Å². The van der Waals surface area contributed by atoms with Gasteiger partial charge in [-0.15, -0.1) is 0 Å². The molecule has 6 nitrogen and oxygen atoms in total. The lowest BCUT2D eigenvalue weighted by Gasteiger charge is -2.18. The average Bonchev–Trinajstić information content (AvgIpc) is 3.48. The van der Waals surface area contributed by atoms with E-state index in [1.54, 1.807) is 0 Å². The predicted molar refractivity (Wildman–Crippen MR) is 135 cm³/mol. The van der Waals surface area contributed by atoms with Crippen molar-refractivity contribution < 1.29 is 26.3 Å². The molecule has 0 radical (unpaired) electrons. The number of amidine groups is 2. The van der Waals surface area contributed by atoms with Crippen molar-refractivity contribution >= 4 is 72.3 Å². The van der Waals surface area contributed by atoms with Crippen LogP contribution < -0.4 is 10.8 Å². The SMILES string of the molecule is Fc1cc2c(cc1F)C1=Nc3c4cc(F)c(F)cc4c4n3B(Br)n3c(c5cc(F)c(F)cc5c3=N4)=C=NC2=N1. The van der Waals surface area contributed by atoms with Crippen LogP contribution in [0, 0.1) is 34.9 Å². The number of benzene rings is 3. The summed E-state index contributed by atoms with van der Waals surface area (Å²) in [6.07, 6.45) is 0. The first-order valence-corrected chi connectivity index (χ1v) is 12.2. The lowest BCUT2D eigenvalue weighted by molar-refractivity contribution is 0.508. The van der Waals surface area contributed by atoms with Crippen molar-refractivity contribution in [2.75, 3.05) is 0 Å². The Balaban J connectivity index is 1.65. The summed E-state index contributed by atoms with van der Waals surface area (Å²) >= 11 is 3.58. The summed E-state index contributed by atoms with van der Waals surface area (Å²) in [5.41, 5.74) is 0.381. The number of aliphatic imine (C=N–C) groups is 3. The summed E-state index contributed by atoms with van der Waals surface area (Å²) in [6.45, 7) is 0. The van der Waals surface area contributed by atoms with Crippen LogP contribution in [-0.4, -0.2) is 32.3 Å². The van der Waals surface area contributed by atoms with Crippen molar-refractivity contribution in [1.82, 2.24) is 8.96 Å². The van der Waals surface area contributed by atoms with Crippen LogP contribution in [0.15, 0.2) is 56.4 Å². The second-order valence-electron chi connectivity index (χ2n) is 9.01. The third kappa shape index (κ3) is 2.84. The molecule has 3 aromatic carbocycles. The highest BCUT2D eigenvalue weighted by molar-refractivity contribution is 9.24. The molecule has 3 aliphatic heterocycles. The van der Waals surface area contributed by atoms with Crippen molar-refractivity contribution in [2.45, 2.75) is 0 Å². The lowest BCUT2D eigenvalue weighted by Crippen LogP contribution is -2.44. The summed E-state index contributed by atoms with van der Waals surface area (Å²) in [4.78, 5) is 17.8. The summed E-state index contributed by atoms with van der Waals surface area (Å²) in [6, 6.07) is 5.66. The summed E-state index contributed by atoms with van der Waals surface area (Å²) < 4.78 is 89.2. The van der Waals surface area contributed by atoms with Crippen LogP contribution in [-0.2, 0) is 0 Å². The summed E-state index contributed by atoms with van der Waals surface area (Å²) in [7, 11) is 0. The first-order valence-electron chi connectivity index (χ1n) is 11.3. The number of nitrogens with zero attached hydrogens (tertiary/aromatic N) is 6. The van der Waals surface area contributed by atoms with E-state index in [4.69, 9.17) is 0 Å². The minimum atomic E-state index is -1.15. The second kappa shape index (κ2) is 7.36. The molecule has 0 saturated carbocycles. The summed E-state index contributed by atoms with van der Waals surface area (Å²) in [5.74, 6) is -4.86. The molecule has 0 atom stereocenters. The number of halogens is 7. The maximum atomic E-state index is 14.5. The van der Waals surface area contributed by atoms with E-state index in [2.05, 4.69) is 41.6 Å². The summed E-state index contributed by atoms with van der Waals surface area (Å²) in [5, 5.41) is 0.863. The topological polar surface area (TPSA) is 59.3 Å². The average molecular weight is 595 g/mol. The fourth-order valence-corrected chi connectivity index (χ4v) is 5.95. The molecule has 188 valence electrons. The van der Waals surface area contributed by atoms with Crippen molar-refractivity contribution in [2.24, 2.45) is 20.0 Å². The van der Waals surface area contributed by atoms with Gasteiger partial charge in [0.15, 0.2) is 46.6 Å². The highest BCUT2D eigenvalue weighted by Gasteiger charge is 2.35. The van der Waals surface area contributed by atoms with E-state index in [9.17, 15) is 26.3 Å². The molecule has 5 heterocycles. The van der Waals surface area contributed by atoms with Gasteiger partial charge in [0, 0.05) is 38.5 Å². The van der Waals surface area contributed by atoms with Crippen LogP contribution in [0.4, 0.5) is 38.0 Å². The quantitative estimate of drug-likeness (QED) is 0.185. The van der Waals surface area contributed by atoms with Crippen LogP contribution in [0.3, 0.4) is 0 Å². The molecular formula is C25H6BBrF6N6. The largest absolute Gasteiger partial charge is 0.469 e. The molecule has 5 aromatic rings. The van der Waals surface area contributed by atoms with E-state index in [0.29, 0.717) is 0 Å². The molecule has 0 spiro atoms. The zero-order valence-corrected chi connectivity index (χ0v) is 20.5. The Morgan fingerprint density at radius 1 is 0.590 bits per heavy atom. The molecule has 14 heteroatoms. The third-order valence-corrected chi connectivity index (χ3v) is 7.71. The molecule has 3 aliphatic rings. The smallest absolute Gasteiger partial charge is 0.331 e. The van der Waals surface area contributed by atoms with Crippen molar-refractivity contribution in [1.29, 1.82) is 0 Å². The second-order valence-corrected chi connectivity index (χ2v) is 9.83. The molecule has 39 heavy (non-hydrogen) atoms. The molecule has 0 aliphatic carbocycles. The van der Waals surface area contributed by atoms with Crippen LogP contribution >= 0.6 is 15.8 Å². The molecule has 0 N–H and O–H groups in total. The van der Waals surface area contributed by atoms with Gasteiger partial charge in [0.1, 0.15) is 22.5 Å². The maximum Gasteiger partial charge on any atom is 0.469 e. The van der Waals surface area contributed by atoms with Gasteiger partial charge in [-0.3, -0.25) is 0 Å². The number of fused-ring (bicyclic) bond motifs is 10. The Hall–Kier alpha value is -4.42. The van der Waals surface area contributed by atoms with E-state index in [0.717, 1.165) is 36.4 Å². The molecule has 0 amide bonds. The van der Waals surface area contributed by atoms with Crippen molar-refractivity contribution in [3.8, 4) is 0 Å². The van der Waals surface area contributed by atoms with Gasteiger partial charge in [-0.05, 0) is 36.4 Å². The Morgan fingerprint density at radius 2 is 1.10 bits per heavy atom. The van der Waals surface area contributed by atoms with E-state index in [1.807, 2.05) is 0 Å². The van der Waals surface area contributed by atoms with Gasteiger partial charge in [-0.2, -0.15) is 4.99 Å². The molecule has 4 bridgehead atoms. The van der Waals surface area contributed by atoms with Gasteiger partial charge >= 0.3 is 5.81 Å². The van der Waals surface area contributed by atoms with Gasteiger partial charge in [0.2, 0.25) is 0 Å². The minimum Gasteiger partial charge on any atom is -0.331 e. The normalized spacial score (nSPS) is 14.7. The Labute approximate surface area is 220 Å². The minimum absolute atomic E-state index is 0.0635. The fourth-order valence-electron chi connectivity index (χ4n) is 5.17. The maximum absolute atomic E-state index is 14.5. The van der Waals surface area contributed by atoms with Crippen molar-refractivity contribution in [3.05, 3.63) is 93.3 Å². The number of hydrogen-bond acceptors (Lipinski definition) is 4. The van der Waals surface area contributed by atoms with Crippen LogP contribution in [0.5, 0.6) is 0 Å². The van der Waals surface area contributed by atoms with E-state index >= 15 is 0 Å².